The molecule has 0 bridgehead atoms. The Balaban J connectivity index is 1.81. The van der Waals surface area contributed by atoms with Crippen LogP contribution in [-0.2, 0) is 0 Å². The number of aromatic nitrogens is 4. The van der Waals surface area contributed by atoms with Crippen molar-refractivity contribution in [2.75, 3.05) is 13.1 Å². The van der Waals surface area contributed by atoms with Gasteiger partial charge in [0.15, 0.2) is 5.82 Å². The van der Waals surface area contributed by atoms with Crippen LogP contribution < -0.4 is 0 Å². The number of alkyl halides is 3. The number of nitrogens with zero attached hydrogens (tertiary/aromatic N) is 5. The molecule has 0 saturated carbocycles. The van der Waals surface area contributed by atoms with Crippen molar-refractivity contribution in [1.82, 2.24) is 25.1 Å². The molecule has 5 nitrogen and oxygen atoms in total. The van der Waals surface area contributed by atoms with E-state index < -0.39 is 12.1 Å². The lowest BCUT2D eigenvalue weighted by atomic mass is 9.96. The minimum Gasteiger partial charge on any atom is -0.293 e. The fraction of sp³-hybridized carbons (Fsp3) is 0.533. The van der Waals surface area contributed by atoms with E-state index in [1.54, 1.807) is 4.68 Å². The summed E-state index contributed by atoms with van der Waals surface area (Å²) in [5.41, 5.74) is 0.795. The summed E-state index contributed by atoms with van der Waals surface area (Å²) in [6, 6.07) is 9.06. The van der Waals surface area contributed by atoms with E-state index in [2.05, 4.69) is 15.5 Å². The molecule has 8 heteroatoms. The standard InChI is InChI=1S/C15H18F3N5/c1-11(22-9-5-6-12(10-22)15(16,17)18)14-19-20-21-23(14)13-7-3-2-4-8-13/h2-4,7-8,11-12H,5-6,9-10H2,1H3/t11-,12-/m1/s1. The minimum atomic E-state index is -4.15. The van der Waals surface area contributed by atoms with Crippen LogP contribution in [0.3, 0.4) is 0 Å². The Morgan fingerprint density at radius 2 is 1.96 bits per heavy atom. The first-order valence-corrected chi connectivity index (χ1v) is 7.61. The number of benzene rings is 1. The maximum atomic E-state index is 13.0. The van der Waals surface area contributed by atoms with Gasteiger partial charge in [-0.3, -0.25) is 4.90 Å². The Bertz CT molecular complexity index is 640. The van der Waals surface area contributed by atoms with Gasteiger partial charge in [-0.1, -0.05) is 18.2 Å². The first kappa shape index (κ1) is 15.9. The zero-order valence-corrected chi connectivity index (χ0v) is 12.7. The molecule has 0 amide bonds. The Kier molecular flexibility index (Phi) is 4.34. The van der Waals surface area contributed by atoms with E-state index in [1.165, 1.54) is 0 Å². The predicted molar refractivity (Wildman–Crippen MR) is 77.9 cm³/mol. The maximum absolute atomic E-state index is 13.0. The molecule has 0 radical (unpaired) electrons. The number of rotatable bonds is 3. The summed E-state index contributed by atoms with van der Waals surface area (Å²) < 4.78 is 40.6. The van der Waals surface area contributed by atoms with Gasteiger partial charge in [0, 0.05) is 6.54 Å². The molecule has 1 saturated heterocycles. The summed E-state index contributed by atoms with van der Waals surface area (Å²) in [6.07, 6.45) is -3.43. The van der Waals surface area contributed by atoms with E-state index in [1.807, 2.05) is 42.2 Å². The van der Waals surface area contributed by atoms with Crippen LogP contribution in [0.25, 0.3) is 5.69 Å². The third-order valence-corrected chi connectivity index (χ3v) is 4.33. The highest BCUT2D eigenvalue weighted by molar-refractivity contribution is 5.30. The van der Waals surface area contributed by atoms with Crippen molar-refractivity contribution < 1.29 is 13.2 Å². The zero-order valence-electron chi connectivity index (χ0n) is 12.7. The quantitative estimate of drug-likeness (QED) is 0.870. The van der Waals surface area contributed by atoms with Gasteiger partial charge in [-0.25, -0.2) is 0 Å². The van der Waals surface area contributed by atoms with Gasteiger partial charge in [0.1, 0.15) is 0 Å². The normalized spacial score (nSPS) is 21.3. The van der Waals surface area contributed by atoms with Gasteiger partial charge in [0.05, 0.1) is 17.6 Å². The van der Waals surface area contributed by atoms with Crippen LogP contribution in [0.2, 0.25) is 0 Å². The van der Waals surface area contributed by atoms with Crippen LogP contribution in [0.1, 0.15) is 31.6 Å². The summed E-state index contributed by atoms with van der Waals surface area (Å²) in [5.74, 6) is -0.723. The lowest BCUT2D eigenvalue weighted by molar-refractivity contribution is -0.188. The molecule has 1 aliphatic heterocycles. The highest BCUT2D eigenvalue weighted by atomic mass is 19.4. The van der Waals surface area contributed by atoms with Crippen LogP contribution in [0, 0.1) is 5.92 Å². The van der Waals surface area contributed by atoms with Gasteiger partial charge in [0.25, 0.3) is 0 Å². The molecule has 3 rings (SSSR count). The van der Waals surface area contributed by atoms with Crippen molar-refractivity contribution in [3.63, 3.8) is 0 Å². The van der Waals surface area contributed by atoms with Crippen molar-refractivity contribution in [2.24, 2.45) is 5.92 Å². The number of para-hydroxylation sites is 1. The monoisotopic (exact) mass is 325 g/mol. The number of likely N-dealkylation sites (tertiary alicyclic amines) is 1. The van der Waals surface area contributed by atoms with Crippen molar-refractivity contribution in [1.29, 1.82) is 0 Å². The fourth-order valence-corrected chi connectivity index (χ4v) is 3.00. The van der Waals surface area contributed by atoms with E-state index in [0.717, 1.165) is 5.69 Å². The summed E-state index contributed by atoms with van der Waals surface area (Å²) in [6.45, 7) is 2.46. The lowest BCUT2D eigenvalue weighted by Gasteiger charge is -2.36. The van der Waals surface area contributed by atoms with Gasteiger partial charge in [-0.15, -0.1) is 5.10 Å². The summed E-state index contributed by atoms with van der Waals surface area (Å²) in [4.78, 5) is 1.81. The summed E-state index contributed by atoms with van der Waals surface area (Å²) in [5, 5.41) is 11.7. The summed E-state index contributed by atoms with van der Waals surface area (Å²) >= 11 is 0. The van der Waals surface area contributed by atoms with E-state index in [9.17, 15) is 13.2 Å². The first-order chi connectivity index (χ1) is 11.0. The zero-order chi connectivity index (χ0) is 16.4. The molecule has 1 fully saturated rings. The molecule has 2 aromatic rings. The highest BCUT2D eigenvalue weighted by Gasteiger charge is 2.43. The molecule has 0 aliphatic carbocycles. The second-order valence-corrected chi connectivity index (χ2v) is 5.84. The minimum absolute atomic E-state index is 0.00762. The van der Waals surface area contributed by atoms with Gasteiger partial charge in [0.2, 0.25) is 0 Å². The molecule has 2 atom stereocenters. The lowest BCUT2D eigenvalue weighted by Crippen LogP contribution is -2.43. The van der Waals surface area contributed by atoms with Crippen LogP contribution >= 0.6 is 0 Å². The molecular weight excluding hydrogens is 307 g/mol. The molecule has 2 heterocycles. The van der Waals surface area contributed by atoms with E-state index in [-0.39, 0.29) is 19.0 Å². The fourth-order valence-electron chi connectivity index (χ4n) is 3.00. The molecule has 1 aromatic heterocycles. The molecule has 0 spiro atoms. The molecular formula is C15H18F3N5. The van der Waals surface area contributed by atoms with Gasteiger partial charge >= 0.3 is 6.18 Å². The first-order valence-electron chi connectivity index (χ1n) is 7.61. The number of hydrogen-bond acceptors (Lipinski definition) is 4. The van der Waals surface area contributed by atoms with Crippen molar-refractivity contribution >= 4 is 0 Å². The number of hydrogen-bond donors (Lipinski definition) is 0. The van der Waals surface area contributed by atoms with Crippen LogP contribution in [-0.4, -0.2) is 44.4 Å². The Labute approximate surface area is 132 Å². The van der Waals surface area contributed by atoms with E-state index in [0.29, 0.717) is 18.8 Å². The Morgan fingerprint density at radius 1 is 1.22 bits per heavy atom. The molecule has 124 valence electrons. The topological polar surface area (TPSA) is 46.8 Å². The predicted octanol–water partition coefficient (Wildman–Crippen LogP) is 3.00. The number of halogens is 3. The van der Waals surface area contributed by atoms with Gasteiger partial charge < -0.3 is 0 Å². The van der Waals surface area contributed by atoms with E-state index in [4.69, 9.17) is 0 Å². The average molecular weight is 325 g/mol. The molecule has 1 aliphatic rings. The highest BCUT2D eigenvalue weighted by Crippen LogP contribution is 2.35. The molecule has 0 N–H and O–H groups in total. The second-order valence-electron chi connectivity index (χ2n) is 5.84. The van der Waals surface area contributed by atoms with Crippen LogP contribution in [0.15, 0.2) is 30.3 Å². The SMILES string of the molecule is C[C@H](c1nnnn1-c1ccccc1)N1CCC[C@@H](C(F)(F)F)C1. The van der Waals surface area contributed by atoms with Crippen LogP contribution in [0.5, 0.6) is 0 Å². The molecule has 23 heavy (non-hydrogen) atoms. The third-order valence-electron chi connectivity index (χ3n) is 4.33. The molecule has 0 unspecified atom stereocenters. The Hall–Kier alpha value is -1.96. The average Bonchev–Trinajstić information content (AvgIpc) is 3.04. The number of tetrazole rings is 1. The Morgan fingerprint density at radius 3 is 2.65 bits per heavy atom. The van der Waals surface area contributed by atoms with Gasteiger partial charge in [-0.2, -0.15) is 17.9 Å². The number of piperidine rings is 1. The van der Waals surface area contributed by atoms with Crippen molar-refractivity contribution in [2.45, 2.75) is 32.0 Å². The van der Waals surface area contributed by atoms with E-state index >= 15 is 0 Å². The second kappa shape index (κ2) is 6.27. The summed E-state index contributed by atoms with van der Waals surface area (Å²) in [7, 11) is 0. The van der Waals surface area contributed by atoms with Gasteiger partial charge in [-0.05, 0) is 48.9 Å². The third kappa shape index (κ3) is 3.36. The smallest absolute Gasteiger partial charge is 0.293 e. The largest absolute Gasteiger partial charge is 0.393 e. The van der Waals surface area contributed by atoms with Crippen LogP contribution in [0.4, 0.5) is 13.2 Å². The van der Waals surface area contributed by atoms with Crippen molar-refractivity contribution in [3.05, 3.63) is 36.2 Å². The molecule has 1 aromatic carbocycles. The van der Waals surface area contributed by atoms with Crippen molar-refractivity contribution in [3.8, 4) is 5.69 Å². The maximum Gasteiger partial charge on any atom is 0.393 e.